The molecule has 6 heteroatoms. The van der Waals surface area contributed by atoms with E-state index >= 15 is 0 Å². The van der Waals surface area contributed by atoms with Gasteiger partial charge in [0.05, 0.1) is 25.3 Å². The van der Waals surface area contributed by atoms with E-state index in [1.54, 1.807) is 4.90 Å². The van der Waals surface area contributed by atoms with E-state index < -0.39 is 11.6 Å². The Morgan fingerprint density at radius 2 is 2.15 bits per heavy atom. The zero-order valence-corrected chi connectivity index (χ0v) is 12.0. The van der Waals surface area contributed by atoms with Gasteiger partial charge >= 0.3 is 0 Å². The first kappa shape index (κ1) is 13.8. The van der Waals surface area contributed by atoms with Crippen LogP contribution in [0.3, 0.4) is 0 Å². The molecular weight excluding hydrogens is 258 g/mol. The van der Waals surface area contributed by atoms with Crippen LogP contribution in [0.1, 0.15) is 20.3 Å². The zero-order chi connectivity index (χ0) is 14.5. The van der Waals surface area contributed by atoms with Crippen molar-refractivity contribution in [2.45, 2.75) is 38.0 Å². The van der Waals surface area contributed by atoms with Crippen LogP contribution in [-0.2, 0) is 14.3 Å². The van der Waals surface area contributed by atoms with Crippen LogP contribution in [0.5, 0.6) is 0 Å². The predicted molar refractivity (Wildman–Crippen MR) is 70.5 cm³/mol. The van der Waals surface area contributed by atoms with E-state index in [2.05, 4.69) is 6.07 Å². The molecule has 0 bridgehead atoms. The maximum Gasteiger partial charge on any atom is 0.243 e. The minimum absolute atomic E-state index is 0.0576. The van der Waals surface area contributed by atoms with Gasteiger partial charge < -0.3 is 20.1 Å². The third kappa shape index (κ3) is 1.57. The molecule has 2 N–H and O–H groups in total. The number of hydrogen-bond acceptors (Lipinski definition) is 5. The van der Waals surface area contributed by atoms with Crippen LogP contribution in [-0.4, -0.2) is 54.9 Å². The molecule has 2 saturated heterocycles. The molecular formula is C14H21N3O3. The van der Waals surface area contributed by atoms with Gasteiger partial charge in [0.1, 0.15) is 5.54 Å². The third-order valence-electron chi connectivity index (χ3n) is 5.31. The molecule has 0 spiro atoms. The van der Waals surface area contributed by atoms with Crippen molar-refractivity contribution >= 4 is 5.91 Å². The summed E-state index contributed by atoms with van der Waals surface area (Å²) in [5, 5.41) is 8.95. The quantitative estimate of drug-likeness (QED) is 0.723. The van der Waals surface area contributed by atoms with Crippen molar-refractivity contribution in [1.82, 2.24) is 4.90 Å². The first-order chi connectivity index (χ1) is 9.42. The Labute approximate surface area is 118 Å². The van der Waals surface area contributed by atoms with Crippen molar-refractivity contribution in [3.05, 3.63) is 0 Å². The first-order valence-electron chi connectivity index (χ1n) is 7.14. The van der Waals surface area contributed by atoms with E-state index in [0.29, 0.717) is 26.3 Å². The average molecular weight is 279 g/mol. The maximum absolute atomic E-state index is 12.9. The summed E-state index contributed by atoms with van der Waals surface area (Å²) in [6, 6.07) is 2.06. The van der Waals surface area contributed by atoms with Gasteiger partial charge in [-0.3, -0.25) is 4.79 Å². The van der Waals surface area contributed by atoms with E-state index in [1.165, 1.54) is 0 Å². The fourth-order valence-electron chi connectivity index (χ4n) is 3.99. The zero-order valence-electron chi connectivity index (χ0n) is 12.0. The normalized spacial score (nSPS) is 42.5. The number of rotatable bonds is 1. The first-order valence-corrected chi connectivity index (χ1v) is 7.14. The highest BCUT2D eigenvalue weighted by Crippen LogP contribution is 2.58. The van der Waals surface area contributed by atoms with Gasteiger partial charge in [-0.1, -0.05) is 13.8 Å². The molecule has 1 amide bonds. The van der Waals surface area contributed by atoms with Crippen LogP contribution < -0.4 is 5.73 Å². The minimum Gasteiger partial charge on any atom is -0.377 e. The molecule has 3 fully saturated rings. The summed E-state index contributed by atoms with van der Waals surface area (Å²) in [7, 11) is 0. The lowest BCUT2D eigenvalue weighted by molar-refractivity contribution is -0.188. The van der Waals surface area contributed by atoms with Gasteiger partial charge in [-0.05, 0) is 6.42 Å². The molecule has 110 valence electrons. The lowest BCUT2D eigenvalue weighted by Gasteiger charge is -2.61. The number of nitrogens with zero attached hydrogens (tertiary/aromatic N) is 2. The smallest absolute Gasteiger partial charge is 0.243 e. The van der Waals surface area contributed by atoms with Crippen LogP contribution in [0.2, 0.25) is 0 Å². The number of nitrogens with two attached hydrogens (primary N) is 1. The number of ether oxygens (including phenoxy) is 2. The average Bonchev–Trinajstić information content (AvgIpc) is 2.94. The summed E-state index contributed by atoms with van der Waals surface area (Å²) in [6.45, 7) is 5.88. The van der Waals surface area contributed by atoms with Gasteiger partial charge in [0.2, 0.25) is 5.91 Å². The molecule has 2 heterocycles. The molecule has 1 saturated carbocycles. The lowest BCUT2D eigenvalue weighted by atomic mass is 9.47. The topological polar surface area (TPSA) is 88.6 Å². The Kier molecular flexibility index (Phi) is 3.05. The minimum atomic E-state index is -0.883. The molecule has 0 aromatic rings. The third-order valence-corrected chi connectivity index (χ3v) is 5.31. The monoisotopic (exact) mass is 279 g/mol. The van der Waals surface area contributed by atoms with E-state index in [0.717, 1.165) is 6.42 Å². The van der Waals surface area contributed by atoms with E-state index in [9.17, 15) is 4.79 Å². The van der Waals surface area contributed by atoms with Crippen LogP contribution >= 0.6 is 0 Å². The van der Waals surface area contributed by atoms with Crippen LogP contribution in [0.25, 0.3) is 0 Å². The van der Waals surface area contributed by atoms with Gasteiger partial charge in [0.25, 0.3) is 0 Å². The molecule has 0 radical (unpaired) electrons. The fraction of sp³-hybridized carbons (Fsp3) is 0.857. The fourth-order valence-corrected chi connectivity index (χ4v) is 3.99. The van der Waals surface area contributed by atoms with Crippen LogP contribution in [0, 0.1) is 22.7 Å². The van der Waals surface area contributed by atoms with Gasteiger partial charge in [0, 0.05) is 24.5 Å². The number of nitriles is 1. The standard InChI is InChI=1S/C14H21N3O3/c1-13(2)11-10(3-5-20-11)14(13,16)12(18)17-4-6-19-9(7-15)8-17/h9-11H,3-6,8,16H2,1-2H3. The second-order valence-corrected chi connectivity index (χ2v) is 6.52. The number of hydrogen-bond donors (Lipinski definition) is 1. The summed E-state index contributed by atoms with van der Waals surface area (Å²) in [5.74, 6) is 0.0335. The van der Waals surface area contributed by atoms with Crippen LogP contribution in [0.15, 0.2) is 0 Å². The van der Waals surface area contributed by atoms with Crippen molar-refractivity contribution in [1.29, 1.82) is 5.26 Å². The summed E-state index contributed by atoms with van der Waals surface area (Å²) < 4.78 is 11.0. The number of carbonyl (C=O) groups is 1. The Balaban J connectivity index is 1.81. The molecule has 20 heavy (non-hydrogen) atoms. The molecule has 6 nitrogen and oxygen atoms in total. The van der Waals surface area contributed by atoms with Crippen molar-refractivity contribution < 1.29 is 14.3 Å². The Morgan fingerprint density at radius 1 is 1.40 bits per heavy atom. The number of fused-ring (bicyclic) bond motifs is 1. The Morgan fingerprint density at radius 3 is 2.85 bits per heavy atom. The molecule has 4 atom stereocenters. The summed E-state index contributed by atoms with van der Waals surface area (Å²) in [6.07, 6.45) is 0.363. The lowest BCUT2D eigenvalue weighted by Crippen LogP contribution is -2.80. The van der Waals surface area contributed by atoms with Crippen LogP contribution in [0.4, 0.5) is 0 Å². The second kappa shape index (κ2) is 4.42. The van der Waals surface area contributed by atoms with Crippen molar-refractivity contribution in [2.75, 3.05) is 26.3 Å². The predicted octanol–water partition coefficient (Wildman–Crippen LogP) is -0.120. The molecule has 3 rings (SSSR count). The SMILES string of the molecule is CC1(C)C2OCCC2C1(N)C(=O)N1CCOC(C#N)C1. The van der Waals surface area contributed by atoms with Gasteiger partial charge in [-0.25, -0.2) is 0 Å². The second-order valence-electron chi connectivity index (χ2n) is 6.52. The molecule has 4 unspecified atom stereocenters. The highest BCUT2D eigenvalue weighted by molar-refractivity contribution is 5.89. The Hall–Kier alpha value is -1.16. The summed E-state index contributed by atoms with van der Waals surface area (Å²) in [5.41, 5.74) is 5.28. The summed E-state index contributed by atoms with van der Waals surface area (Å²) in [4.78, 5) is 14.6. The number of carbonyl (C=O) groups excluding carboxylic acids is 1. The van der Waals surface area contributed by atoms with Crippen molar-refractivity contribution in [2.24, 2.45) is 17.1 Å². The van der Waals surface area contributed by atoms with Gasteiger partial charge in [-0.15, -0.1) is 0 Å². The number of morpholine rings is 1. The highest BCUT2D eigenvalue weighted by atomic mass is 16.5. The van der Waals surface area contributed by atoms with Gasteiger partial charge in [-0.2, -0.15) is 5.26 Å². The maximum atomic E-state index is 12.9. The largest absolute Gasteiger partial charge is 0.377 e. The van der Waals surface area contributed by atoms with E-state index in [-0.39, 0.29) is 23.3 Å². The van der Waals surface area contributed by atoms with Crippen molar-refractivity contribution in [3.63, 3.8) is 0 Å². The Bertz CT molecular complexity index is 473. The molecule has 1 aliphatic carbocycles. The van der Waals surface area contributed by atoms with E-state index in [4.69, 9.17) is 20.5 Å². The van der Waals surface area contributed by atoms with E-state index in [1.807, 2.05) is 13.8 Å². The molecule has 0 aromatic heterocycles. The number of amides is 1. The summed E-state index contributed by atoms with van der Waals surface area (Å²) >= 11 is 0. The molecule has 2 aliphatic heterocycles. The van der Waals surface area contributed by atoms with Gasteiger partial charge in [0.15, 0.2) is 6.10 Å². The molecule has 3 aliphatic rings. The highest BCUT2D eigenvalue weighted by Gasteiger charge is 2.72. The molecule has 0 aromatic carbocycles. The van der Waals surface area contributed by atoms with Crippen molar-refractivity contribution in [3.8, 4) is 6.07 Å².